The van der Waals surface area contributed by atoms with E-state index in [-0.39, 0.29) is 0 Å². The van der Waals surface area contributed by atoms with Crippen LogP contribution in [-0.2, 0) is 0 Å². The summed E-state index contributed by atoms with van der Waals surface area (Å²) in [5, 5.41) is 1.76. The molecule has 2 bridgehead atoms. The molecule has 1 N–H and O–H groups in total. The zero-order valence-corrected chi connectivity index (χ0v) is 22.0. The summed E-state index contributed by atoms with van der Waals surface area (Å²) < 4.78 is 0. The molecule has 7 saturated heterocycles. The van der Waals surface area contributed by atoms with Gasteiger partial charge in [-0.05, 0) is 0 Å². The van der Waals surface area contributed by atoms with Gasteiger partial charge in [-0.1, -0.05) is 0 Å². The van der Waals surface area contributed by atoms with E-state index in [1.165, 1.54) is 33.6 Å². The van der Waals surface area contributed by atoms with Gasteiger partial charge in [0, 0.05) is 0 Å². The van der Waals surface area contributed by atoms with Crippen molar-refractivity contribution < 1.29 is 0 Å². The Bertz CT molecular complexity index is 1830. The van der Waals surface area contributed by atoms with Crippen molar-refractivity contribution in [3.05, 3.63) is 91.0 Å². The predicted molar refractivity (Wildman–Crippen MR) is 174 cm³/mol. The van der Waals surface area contributed by atoms with Crippen LogP contribution < -0.4 is 31.5 Å². The first-order valence-electron chi connectivity index (χ1n) is 13.8. The van der Waals surface area contributed by atoms with E-state index in [9.17, 15) is 0 Å². The number of rotatable bonds is 4. The molecule has 13 heteroatoms. The summed E-state index contributed by atoms with van der Waals surface area (Å²) in [4.78, 5) is 7.20. The molecular formula is C24H16B9N2P2-2. The number of para-hydroxylation sites is 2. The van der Waals surface area contributed by atoms with Gasteiger partial charge >= 0.3 is 222 Å². The summed E-state index contributed by atoms with van der Waals surface area (Å²) in [6, 6.07) is 34.6. The van der Waals surface area contributed by atoms with E-state index in [0.717, 1.165) is 31.1 Å². The van der Waals surface area contributed by atoms with Crippen molar-refractivity contribution >= 4 is 110 Å². The number of benzene rings is 4. The fourth-order valence-corrected chi connectivity index (χ4v) is 29.4. The monoisotopic (exact) mass is 493 g/mol. The van der Waals surface area contributed by atoms with Gasteiger partial charge in [0.15, 0.2) is 0 Å². The standard InChI is InChI=1S/C24H16B9N2P2/c1-2-8-16(9-3-1)35-20-13-5-4-11-18(20)28-19-12-7-15-22(23(19)17-10-6-14-21(35)24(17)28)36(29-25-30(36)33(29)36)34-37-26-31(37)32(37)27-37/h1-15,34H/q-2. The molecule has 0 aliphatic carbocycles. The van der Waals surface area contributed by atoms with Crippen LogP contribution in [0.3, 0.4) is 0 Å². The van der Waals surface area contributed by atoms with Crippen LogP contribution in [0.25, 0.3) is 11.1 Å². The Morgan fingerprint density at radius 1 is 0.757 bits per heavy atom. The summed E-state index contributed by atoms with van der Waals surface area (Å²) in [5.41, 5.74) is 11.6. The summed E-state index contributed by atoms with van der Waals surface area (Å²) in [6.07, 6.45) is 1.13. The zero-order valence-electron chi connectivity index (χ0n) is 20.2. The third-order valence-corrected chi connectivity index (χ3v) is 26.4. The van der Waals surface area contributed by atoms with Gasteiger partial charge in [0.05, 0.1) is 0 Å². The van der Waals surface area contributed by atoms with Crippen molar-refractivity contribution in [3.8, 4) is 11.1 Å². The molecular weight excluding hydrogens is 476 g/mol. The molecule has 1 spiro atoms. The second-order valence-corrected chi connectivity index (χ2v) is 23.3. The predicted octanol–water partition coefficient (Wildman–Crippen LogP) is 1.32. The first kappa shape index (κ1) is 19.2. The number of anilines is 3. The Morgan fingerprint density at radius 2 is 1.49 bits per heavy atom. The van der Waals surface area contributed by atoms with Gasteiger partial charge in [0.1, 0.15) is 0 Å². The van der Waals surface area contributed by atoms with E-state index in [2.05, 4.69) is 117 Å². The molecule has 9 heterocycles. The molecule has 9 aliphatic rings. The Morgan fingerprint density at radius 3 is 2.22 bits per heavy atom. The second-order valence-electron chi connectivity index (χ2n) is 12.9. The third kappa shape index (κ3) is 1.62. The van der Waals surface area contributed by atoms with Crippen LogP contribution in [0.4, 0.5) is 17.1 Å². The minimum absolute atomic E-state index is 0.323. The normalized spacial score (nSPS) is 27.3. The molecule has 37 heavy (non-hydrogen) atoms. The van der Waals surface area contributed by atoms with Crippen LogP contribution in [0.5, 0.6) is 0 Å². The van der Waals surface area contributed by atoms with Crippen molar-refractivity contribution in [1.29, 1.82) is 0 Å². The molecule has 4 aromatic rings. The maximum atomic E-state index is 4.69. The van der Waals surface area contributed by atoms with Crippen LogP contribution in [-0.4, -0.2) is 58.6 Å². The summed E-state index contributed by atoms with van der Waals surface area (Å²) in [6.45, 7) is 5.83. The van der Waals surface area contributed by atoms with Gasteiger partial charge < -0.3 is 0 Å². The van der Waals surface area contributed by atoms with Gasteiger partial charge in [0.25, 0.3) is 0 Å². The van der Waals surface area contributed by atoms with Gasteiger partial charge in [0.2, 0.25) is 0 Å². The van der Waals surface area contributed by atoms with Crippen LogP contribution in [0.2, 0.25) is 0 Å². The Hall–Kier alpha value is -1.92. The molecule has 0 unspecified atom stereocenters. The molecule has 7 fully saturated rings. The molecule has 161 valence electrons. The van der Waals surface area contributed by atoms with Crippen LogP contribution in [0.15, 0.2) is 91.0 Å². The van der Waals surface area contributed by atoms with Gasteiger partial charge in [-0.2, -0.15) is 0 Å². The number of nitrogens with one attached hydrogen (secondary N) is 1. The van der Waals surface area contributed by atoms with E-state index >= 15 is 0 Å². The SMILES string of the molecule is [B]1B2B3[B-]P123NP12(c3cccc4c3-c3cccc5c3B4c3ccccc3N5c3ccccc3)B3[B-]B1B32. The van der Waals surface area contributed by atoms with Crippen molar-refractivity contribution in [1.82, 2.24) is 4.86 Å². The van der Waals surface area contributed by atoms with Crippen molar-refractivity contribution in [3.63, 3.8) is 0 Å². The molecule has 2 nitrogen and oxygen atoms in total. The van der Waals surface area contributed by atoms with Crippen LogP contribution in [0, 0.1) is 0 Å². The van der Waals surface area contributed by atoms with E-state index in [4.69, 9.17) is 4.86 Å². The number of hydrogen-bond acceptors (Lipinski definition) is 2. The Balaban J connectivity index is 1.14. The molecule has 0 atom stereocenters. The number of nitrogens with zero attached hydrogens (tertiary/aromatic N) is 1. The molecule has 0 saturated carbocycles. The molecule has 13 rings (SSSR count). The Kier molecular flexibility index (Phi) is 2.67. The first-order valence-corrected chi connectivity index (χ1v) is 18.8. The van der Waals surface area contributed by atoms with Gasteiger partial charge in [-0.15, -0.1) is 0 Å². The topological polar surface area (TPSA) is 15.3 Å². The zero-order chi connectivity index (χ0) is 23.6. The van der Waals surface area contributed by atoms with Crippen LogP contribution >= 0.6 is 12.7 Å². The average molecular weight is 492 g/mol. The molecule has 5 radical (unpaired) electrons. The van der Waals surface area contributed by atoms with Crippen LogP contribution in [0.1, 0.15) is 0 Å². The van der Waals surface area contributed by atoms with Crippen molar-refractivity contribution in [2.24, 2.45) is 0 Å². The minimum atomic E-state index is -2.00. The summed E-state index contributed by atoms with van der Waals surface area (Å²) in [5.74, 6) is 0. The Labute approximate surface area is 221 Å². The van der Waals surface area contributed by atoms with E-state index in [0.29, 0.717) is 6.71 Å². The number of hydrogen-bond donors (Lipinski definition) is 1. The maximum absolute atomic E-state index is 4.69. The fourth-order valence-electron chi connectivity index (χ4n) is 9.90. The van der Waals surface area contributed by atoms with E-state index < -0.39 is 12.7 Å². The van der Waals surface area contributed by atoms with Crippen molar-refractivity contribution in [2.75, 3.05) is 4.90 Å². The fraction of sp³-hybridized carbons (Fsp3) is 0. The molecule has 9 aliphatic heterocycles. The molecule has 0 aromatic heterocycles. The van der Waals surface area contributed by atoms with Gasteiger partial charge in [-0.3, -0.25) is 0 Å². The molecule has 0 amide bonds. The summed E-state index contributed by atoms with van der Waals surface area (Å²) in [7, 11) is 2.71. The van der Waals surface area contributed by atoms with Gasteiger partial charge in [-0.25, -0.2) is 0 Å². The first-order chi connectivity index (χ1) is 18.2. The summed E-state index contributed by atoms with van der Waals surface area (Å²) >= 11 is 0. The third-order valence-electron chi connectivity index (χ3n) is 12.0. The van der Waals surface area contributed by atoms with E-state index in [1.807, 2.05) is 0 Å². The van der Waals surface area contributed by atoms with Crippen molar-refractivity contribution in [2.45, 2.75) is 0 Å². The average Bonchev–Trinajstić information content (AvgIpc) is 3.87. The molecule has 4 aromatic carbocycles. The number of fused-ring (bicyclic) bond motifs is 6. The quantitative estimate of drug-likeness (QED) is 0.296. The second kappa shape index (κ2) is 5.15. The van der Waals surface area contributed by atoms with E-state index in [1.54, 1.807) is 16.3 Å².